The van der Waals surface area contributed by atoms with E-state index in [1.54, 1.807) is 18.2 Å². The monoisotopic (exact) mass is 381 g/mol. The Kier molecular flexibility index (Phi) is 5.27. The molecule has 26 heavy (non-hydrogen) atoms. The van der Waals surface area contributed by atoms with E-state index in [1.807, 2.05) is 17.5 Å². The molecule has 0 radical (unpaired) electrons. The van der Waals surface area contributed by atoms with Gasteiger partial charge in [-0.2, -0.15) is 18.3 Å². The van der Waals surface area contributed by atoms with Gasteiger partial charge in [0.15, 0.2) is 11.4 Å². The number of rotatable bonds is 5. The van der Waals surface area contributed by atoms with E-state index in [-0.39, 0.29) is 12.2 Å². The fourth-order valence-electron chi connectivity index (χ4n) is 2.31. The smallest absolute Gasteiger partial charge is 0.406 e. The summed E-state index contributed by atoms with van der Waals surface area (Å²) in [4.78, 5) is 12.9. The van der Waals surface area contributed by atoms with Gasteiger partial charge in [0.05, 0.1) is 11.9 Å². The van der Waals surface area contributed by atoms with E-state index < -0.39 is 23.7 Å². The summed E-state index contributed by atoms with van der Waals surface area (Å²) in [6.07, 6.45) is -4.24. The molecular weight excluding hydrogens is 367 g/mol. The summed E-state index contributed by atoms with van der Waals surface area (Å²) in [6.45, 7) is 0.257. The lowest BCUT2D eigenvalue weighted by molar-refractivity contribution is -0.143. The van der Waals surface area contributed by atoms with E-state index in [9.17, 15) is 18.0 Å². The zero-order chi connectivity index (χ0) is 18.6. The van der Waals surface area contributed by atoms with Gasteiger partial charge in [0.1, 0.15) is 0 Å². The molecule has 0 aliphatic carbocycles. The molecule has 9 heteroatoms. The average molecular weight is 381 g/mol. The van der Waals surface area contributed by atoms with Gasteiger partial charge < -0.3 is 10.1 Å². The van der Waals surface area contributed by atoms with Crippen molar-refractivity contribution in [3.63, 3.8) is 0 Å². The highest BCUT2D eigenvalue weighted by molar-refractivity contribution is 7.09. The van der Waals surface area contributed by atoms with E-state index >= 15 is 0 Å². The molecule has 2 heterocycles. The van der Waals surface area contributed by atoms with Crippen LogP contribution in [0.4, 0.5) is 18.0 Å². The normalized spacial score (nSPS) is 11.3. The fraction of sp³-hybridized carbons (Fsp3) is 0.176. The molecule has 0 saturated carbocycles. The van der Waals surface area contributed by atoms with Gasteiger partial charge in [-0.1, -0.05) is 24.3 Å². The highest BCUT2D eigenvalue weighted by Gasteiger charge is 2.40. The number of ether oxygens (including phenoxy) is 1. The lowest BCUT2D eigenvalue weighted by Gasteiger charge is -2.12. The molecule has 5 nitrogen and oxygen atoms in total. The van der Waals surface area contributed by atoms with Crippen molar-refractivity contribution in [3.8, 4) is 11.4 Å². The maximum Gasteiger partial charge on any atom is 0.437 e. The Morgan fingerprint density at radius 3 is 2.62 bits per heavy atom. The number of carbonyl (C=O) groups excluding carboxylic acids is 1. The van der Waals surface area contributed by atoms with Crippen LogP contribution in [0.5, 0.6) is 5.75 Å². The third kappa shape index (κ3) is 4.23. The molecule has 136 valence electrons. The maximum absolute atomic E-state index is 13.4. The molecule has 0 atom stereocenters. The summed E-state index contributed by atoms with van der Waals surface area (Å²) in [5.74, 6) is -0.644. The topological polar surface area (TPSA) is 56.1 Å². The summed E-state index contributed by atoms with van der Waals surface area (Å²) in [5.41, 5.74) is -0.926. The SMILES string of the molecule is O=C(NCCc1cccs1)Oc1cnn(-c2ccccc2)c1C(F)(F)F. The average Bonchev–Trinajstić information content (AvgIpc) is 3.25. The van der Waals surface area contributed by atoms with Gasteiger partial charge >= 0.3 is 12.3 Å². The van der Waals surface area contributed by atoms with Crippen molar-refractivity contribution in [2.45, 2.75) is 12.6 Å². The van der Waals surface area contributed by atoms with E-state index in [0.717, 1.165) is 11.1 Å². The van der Waals surface area contributed by atoms with Crippen LogP contribution in [-0.4, -0.2) is 22.4 Å². The number of nitrogens with one attached hydrogen (secondary N) is 1. The number of amides is 1. The van der Waals surface area contributed by atoms with E-state index in [2.05, 4.69) is 10.4 Å². The summed E-state index contributed by atoms with van der Waals surface area (Å²) in [7, 11) is 0. The van der Waals surface area contributed by atoms with Crippen molar-refractivity contribution in [2.75, 3.05) is 6.54 Å². The fourth-order valence-corrected chi connectivity index (χ4v) is 3.02. The quantitative estimate of drug-likeness (QED) is 0.718. The van der Waals surface area contributed by atoms with Crippen LogP contribution in [0, 0.1) is 0 Å². The minimum atomic E-state index is -4.74. The zero-order valence-corrected chi connectivity index (χ0v) is 14.2. The zero-order valence-electron chi connectivity index (χ0n) is 13.4. The molecular formula is C17H14F3N3O2S. The van der Waals surface area contributed by atoms with Gasteiger partial charge in [0.2, 0.25) is 0 Å². The van der Waals surface area contributed by atoms with Crippen LogP contribution in [-0.2, 0) is 12.6 Å². The molecule has 1 aromatic carbocycles. The molecule has 3 rings (SSSR count). The summed E-state index contributed by atoms with van der Waals surface area (Å²) < 4.78 is 45.9. The number of alkyl halides is 3. The molecule has 0 spiro atoms. The van der Waals surface area contributed by atoms with Crippen molar-refractivity contribution in [1.29, 1.82) is 0 Å². The Balaban J connectivity index is 1.73. The molecule has 0 aliphatic heterocycles. The highest BCUT2D eigenvalue weighted by atomic mass is 32.1. The predicted molar refractivity (Wildman–Crippen MR) is 90.6 cm³/mol. The minimum absolute atomic E-state index is 0.216. The minimum Gasteiger partial charge on any atom is -0.406 e. The number of hydrogen-bond donors (Lipinski definition) is 1. The number of benzene rings is 1. The van der Waals surface area contributed by atoms with Gasteiger partial charge in [0.25, 0.3) is 0 Å². The Hall–Kier alpha value is -2.81. The standard InChI is InChI=1S/C17H14F3N3O2S/c18-17(19,20)15-14(11-22-23(15)12-5-2-1-3-6-12)25-16(24)21-9-8-13-7-4-10-26-13/h1-7,10-11H,8-9H2,(H,21,24). The van der Waals surface area contributed by atoms with E-state index in [4.69, 9.17) is 4.74 Å². The largest absolute Gasteiger partial charge is 0.437 e. The van der Waals surface area contributed by atoms with Crippen molar-refractivity contribution >= 4 is 17.4 Å². The van der Waals surface area contributed by atoms with Crippen LogP contribution in [0.15, 0.2) is 54.0 Å². The molecule has 0 unspecified atom stereocenters. The lowest BCUT2D eigenvalue weighted by Crippen LogP contribution is -2.29. The highest BCUT2D eigenvalue weighted by Crippen LogP contribution is 2.37. The number of nitrogens with zero attached hydrogens (tertiary/aromatic N) is 2. The van der Waals surface area contributed by atoms with Gasteiger partial charge in [-0.25, -0.2) is 9.48 Å². The molecule has 0 fully saturated rings. The lowest BCUT2D eigenvalue weighted by atomic mass is 10.3. The maximum atomic E-state index is 13.4. The molecule has 0 saturated heterocycles. The van der Waals surface area contributed by atoms with E-state index in [1.165, 1.54) is 23.5 Å². The van der Waals surface area contributed by atoms with Crippen LogP contribution < -0.4 is 10.1 Å². The van der Waals surface area contributed by atoms with Crippen molar-refractivity contribution < 1.29 is 22.7 Å². The first-order valence-corrected chi connectivity index (χ1v) is 8.52. The second-order valence-electron chi connectivity index (χ2n) is 5.25. The predicted octanol–water partition coefficient (Wildman–Crippen LogP) is 4.28. The first-order chi connectivity index (χ1) is 12.4. The van der Waals surface area contributed by atoms with Crippen molar-refractivity contribution in [1.82, 2.24) is 15.1 Å². The van der Waals surface area contributed by atoms with Crippen LogP contribution in [0.25, 0.3) is 5.69 Å². The van der Waals surface area contributed by atoms with Gasteiger partial charge in [-0.3, -0.25) is 0 Å². The molecule has 1 N–H and O–H groups in total. The van der Waals surface area contributed by atoms with Crippen LogP contribution in [0.1, 0.15) is 10.6 Å². The van der Waals surface area contributed by atoms with Crippen LogP contribution in [0.3, 0.4) is 0 Å². The van der Waals surface area contributed by atoms with Gasteiger partial charge in [0, 0.05) is 11.4 Å². The summed E-state index contributed by atoms with van der Waals surface area (Å²) >= 11 is 1.53. The second kappa shape index (κ2) is 7.61. The number of thiophene rings is 1. The molecule has 3 aromatic rings. The molecule has 0 bridgehead atoms. The molecule has 1 amide bonds. The van der Waals surface area contributed by atoms with E-state index in [0.29, 0.717) is 11.1 Å². The Morgan fingerprint density at radius 2 is 1.96 bits per heavy atom. The second-order valence-corrected chi connectivity index (χ2v) is 6.28. The third-order valence-electron chi connectivity index (χ3n) is 3.43. The first-order valence-electron chi connectivity index (χ1n) is 7.64. The third-order valence-corrected chi connectivity index (χ3v) is 4.36. The number of hydrogen-bond acceptors (Lipinski definition) is 4. The number of carbonyl (C=O) groups is 1. The van der Waals surface area contributed by atoms with Crippen LogP contribution in [0.2, 0.25) is 0 Å². The van der Waals surface area contributed by atoms with Crippen molar-refractivity contribution in [3.05, 3.63) is 64.6 Å². The van der Waals surface area contributed by atoms with Gasteiger partial charge in [-0.05, 0) is 30.0 Å². The molecule has 0 aliphatic rings. The molecule has 2 aromatic heterocycles. The summed E-state index contributed by atoms with van der Waals surface area (Å²) in [5, 5.41) is 8.06. The van der Waals surface area contributed by atoms with Gasteiger partial charge in [-0.15, -0.1) is 11.3 Å². The Bertz CT molecular complexity index is 861. The van der Waals surface area contributed by atoms with Crippen molar-refractivity contribution in [2.24, 2.45) is 0 Å². The summed E-state index contributed by atoms with van der Waals surface area (Å²) in [6, 6.07) is 11.6. The first kappa shape index (κ1) is 18.0. The van der Waals surface area contributed by atoms with Crippen LogP contribution >= 0.6 is 11.3 Å². The number of halogens is 3. The Morgan fingerprint density at radius 1 is 1.19 bits per heavy atom. The number of para-hydroxylation sites is 1. The Labute approximate surface area is 151 Å². The number of aromatic nitrogens is 2.